The van der Waals surface area contributed by atoms with Crippen LogP contribution in [0.25, 0.3) is 0 Å². The highest BCUT2D eigenvalue weighted by Crippen LogP contribution is 2.24. The average molecular weight is 269 g/mol. The quantitative estimate of drug-likeness (QED) is 0.894. The van der Waals surface area contributed by atoms with Gasteiger partial charge in [0.1, 0.15) is 5.82 Å². The molecule has 2 aromatic rings. The summed E-state index contributed by atoms with van der Waals surface area (Å²) >= 11 is 0. The van der Waals surface area contributed by atoms with Gasteiger partial charge in [0, 0.05) is 25.0 Å². The van der Waals surface area contributed by atoms with E-state index in [9.17, 15) is 0 Å². The summed E-state index contributed by atoms with van der Waals surface area (Å²) in [6, 6.07) is 13.0. The number of anilines is 2. The maximum Gasteiger partial charge on any atom is 0.132 e. The van der Waals surface area contributed by atoms with Crippen LogP contribution in [0.4, 0.5) is 11.5 Å². The first-order chi connectivity index (χ1) is 9.61. The summed E-state index contributed by atoms with van der Waals surface area (Å²) in [6.07, 6.45) is 1.88. The van der Waals surface area contributed by atoms with E-state index in [4.69, 9.17) is 0 Å². The monoisotopic (exact) mass is 269 g/mol. The maximum atomic E-state index is 4.49. The molecule has 0 radical (unpaired) electrons. The zero-order valence-corrected chi connectivity index (χ0v) is 12.7. The van der Waals surface area contributed by atoms with Gasteiger partial charge in [0.15, 0.2) is 0 Å². The molecule has 1 heterocycles. The highest BCUT2D eigenvalue weighted by molar-refractivity contribution is 5.60. The maximum absolute atomic E-state index is 4.49. The van der Waals surface area contributed by atoms with Crippen LogP contribution in [0, 0.1) is 6.92 Å². The number of nitrogens with zero attached hydrogens (tertiary/aromatic N) is 2. The normalized spacial score (nSPS) is 12.2. The number of rotatable bonds is 5. The molecule has 0 aliphatic heterocycles. The molecule has 0 bridgehead atoms. The van der Waals surface area contributed by atoms with Gasteiger partial charge in [-0.15, -0.1) is 0 Å². The Balaban J connectivity index is 2.26. The third kappa shape index (κ3) is 3.36. The van der Waals surface area contributed by atoms with Crippen molar-refractivity contribution in [3.63, 3.8) is 0 Å². The fraction of sp³-hybridized carbons (Fsp3) is 0.353. The predicted octanol–water partition coefficient (Wildman–Crippen LogP) is 3.83. The van der Waals surface area contributed by atoms with Crippen molar-refractivity contribution in [2.24, 2.45) is 0 Å². The van der Waals surface area contributed by atoms with Crippen molar-refractivity contribution in [2.45, 2.75) is 26.8 Å². The Morgan fingerprint density at radius 2 is 2.05 bits per heavy atom. The first kappa shape index (κ1) is 14.5. The predicted molar refractivity (Wildman–Crippen MR) is 85.6 cm³/mol. The molecule has 0 spiro atoms. The van der Waals surface area contributed by atoms with Gasteiger partial charge in [0.25, 0.3) is 0 Å². The summed E-state index contributed by atoms with van der Waals surface area (Å²) in [4.78, 5) is 6.61. The molecule has 0 fully saturated rings. The van der Waals surface area contributed by atoms with Crippen molar-refractivity contribution >= 4 is 11.5 Å². The van der Waals surface area contributed by atoms with Crippen molar-refractivity contribution in [2.75, 3.05) is 18.5 Å². The van der Waals surface area contributed by atoms with E-state index < -0.39 is 0 Å². The first-order valence-corrected chi connectivity index (χ1v) is 7.11. The molecule has 1 atom stereocenters. The summed E-state index contributed by atoms with van der Waals surface area (Å²) in [5.74, 6) is 0.970. The highest BCUT2D eigenvalue weighted by Gasteiger charge is 2.09. The van der Waals surface area contributed by atoms with Gasteiger partial charge in [0.2, 0.25) is 0 Å². The van der Waals surface area contributed by atoms with Crippen LogP contribution in [-0.4, -0.2) is 18.6 Å². The summed E-state index contributed by atoms with van der Waals surface area (Å²) < 4.78 is 0. The third-order valence-electron chi connectivity index (χ3n) is 3.51. The molecule has 1 unspecified atom stereocenters. The second kappa shape index (κ2) is 6.53. The number of aryl methyl sites for hydroxylation is 1. The SMILES string of the molecule is CCNC(C)c1ccnc(N(C)c2cccc(C)c2)c1. The van der Waals surface area contributed by atoms with E-state index >= 15 is 0 Å². The number of aromatic nitrogens is 1. The molecule has 1 aromatic heterocycles. The second-order valence-electron chi connectivity index (χ2n) is 5.12. The van der Waals surface area contributed by atoms with Crippen LogP contribution in [0.1, 0.15) is 31.0 Å². The zero-order chi connectivity index (χ0) is 14.5. The van der Waals surface area contributed by atoms with Crippen molar-refractivity contribution in [1.29, 1.82) is 0 Å². The van der Waals surface area contributed by atoms with Crippen LogP contribution >= 0.6 is 0 Å². The number of benzene rings is 1. The minimum absolute atomic E-state index is 0.340. The van der Waals surface area contributed by atoms with Gasteiger partial charge in [-0.25, -0.2) is 4.98 Å². The lowest BCUT2D eigenvalue weighted by Crippen LogP contribution is -2.18. The smallest absolute Gasteiger partial charge is 0.132 e. The van der Waals surface area contributed by atoms with Gasteiger partial charge in [0.05, 0.1) is 0 Å². The minimum Gasteiger partial charge on any atom is -0.329 e. The molecule has 3 heteroatoms. The summed E-state index contributed by atoms with van der Waals surface area (Å²) in [5.41, 5.74) is 3.67. The van der Waals surface area contributed by atoms with Crippen molar-refractivity contribution < 1.29 is 0 Å². The third-order valence-corrected chi connectivity index (χ3v) is 3.51. The lowest BCUT2D eigenvalue weighted by molar-refractivity contribution is 0.597. The van der Waals surface area contributed by atoms with E-state index in [1.165, 1.54) is 11.1 Å². The number of hydrogen-bond acceptors (Lipinski definition) is 3. The Morgan fingerprint density at radius 1 is 1.25 bits per heavy atom. The molecule has 0 saturated carbocycles. The fourth-order valence-corrected chi connectivity index (χ4v) is 2.28. The Bertz CT molecular complexity index is 566. The zero-order valence-electron chi connectivity index (χ0n) is 12.7. The summed E-state index contributed by atoms with van der Waals surface area (Å²) in [6.45, 7) is 7.37. The highest BCUT2D eigenvalue weighted by atomic mass is 15.2. The first-order valence-electron chi connectivity index (χ1n) is 7.11. The van der Waals surface area contributed by atoms with Gasteiger partial charge in [-0.05, 0) is 55.8 Å². The molecule has 0 aliphatic rings. The van der Waals surface area contributed by atoms with Crippen LogP contribution in [0.5, 0.6) is 0 Å². The largest absolute Gasteiger partial charge is 0.329 e. The summed E-state index contributed by atoms with van der Waals surface area (Å²) in [5, 5.41) is 3.43. The molecule has 3 nitrogen and oxygen atoms in total. The van der Waals surface area contributed by atoms with E-state index in [-0.39, 0.29) is 0 Å². The fourth-order valence-electron chi connectivity index (χ4n) is 2.28. The van der Waals surface area contributed by atoms with Gasteiger partial charge >= 0.3 is 0 Å². The Morgan fingerprint density at radius 3 is 2.75 bits per heavy atom. The van der Waals surface area contributed by atoms with E-state index in [1.807, 2.05) is 6.20 Å². The van der Waals surface area contributed by atoms with E-state index in [0.717, 1.165) is 18.1 Å². The Labute approximate surface area is 121 Å². The number of hydrogen-bond donors (Lipinski definition) is 1. The van der Waals surface area contributed by atoms with E-state index in [0.29, 0.717) is 6.04 Å². The van der Waals surface area contributed by atoms with Gasteiger partial charge in [-0.2, -0.15) is 0 Å². The second-order valence-corrected chi connectivity index (χ2v) is 5.12. The van der Waals surface area contributed by atoms with Gasteiger partial charge in [-0.3, -0.25) is 0 Å². The minimum atomic E-state index is 0.340. The molecule has 1 aromatic carbocycles. The molecule has 0 aliphatic carbocycles. The van der Waals surface area contributed by atoms with Crippen molar-refractivity contribution in [1.82, 2.24) is 10.3 Å². The molecule has 0 amide bonds. The molecule has 2 rings (SSSR count). The average Bonchev–Trinajstić information content (AvgIpc) is 2.47. The van der Waals surface area contributed by atoms with Crippen molar-refractivity contribution in [3.8, 4) is 0 Å². The van der Waals surface area contributed by atoms with Gasteiger partial charge < -0.3 is 10.2 Å². The van der Waals surface area contributed by atoms with Crippen LogP contribution in [0.3, 0.4) is 0 Å². The lowest BCUT2D eigenvalue weighted by atomic mass is 10.1. The van der Waals surface area contributed by atoms with Gasteiger partial charge in [-0.1, -0.05) is 19.1 Å². The number of nitrogens with one attached hydrogen (secondary N) is 1. The molecule has 20 heavy (non-hydrogen) atoms. The summed E-state index contributed by atoms with van der Waals surface area (Å²) in [7, 11) is 2.05. The molecular formula is C17H23N3. The molecular weight excluding hydrogens is 246 g/mol. The topological polar surface area (TPSA) is 28.2 Å². The van der Waals surface area contributed by atoms with E-state index in [2.05, 4.69) is 79.4 Å². The molecule has 106 valence electrons. The molecule has 1 N–H and O–H groups in total. The standard InChI is InChI=1S/C17H23N3/c1-5-18-14(3)15-9-10-19-17(12-15)20(4)16-8-6-7-13(2)11-16/h6-12,14,18H,5H2,1-4H3. The van der Waals surface area contributed by atoms with E-state index in [1.54, 1.807) is 0 Å². The number of pyridine rings is 1. The Kier molecular flexibility index (Phi) is 4.74. The van der Waals surface area contributed by atoms with Crippen LogP contribution in [-0.2, 0) is 0 Å². The van der Waals surface area contributed by atoms with Crippen LogP contribution in [0.2, 0.25) is 0 Å². The lowest BCUT2D eigenvalue weighted by Gasteiger charge is -2.21. The van der Waals surface area contributed by atoms with Crippen LogP contribution < -0.4 is 10.2 Å². The Hall–Kier alpha value is -1.87. The van der Waals surface area contributed by atoms with Crippen LogP contribution in [0.15, 0.2) is 42.6 Å². The molecule has 0 saturated heterocycles. The van der Waals surface area contributed by atoms with Crippen molar-refractivity contribution in [3.05, 3.63) is 53.7 Å².